The standard InChI is InChI=1S/C25H27F3N6O2S2/c1-13-22(38-14(2)31-13)19-11-37-24(32-19)33-20-6-3-16(10-29-20)23(36)34-17-4-5-18(34)8-15(7-17)9-21(35)30-12-25(26,27)28/h3,6,10-11,15,17-18H,4-5,7-9,12H2,1-2H3,(H,30,35)(H,29,32,33)/t15?,17-,18+. The van der Waals surface area contributed by atoms with Crippen LogP contribution in [0.3, 0.4) is 0 Å². The number of nitrogens with zero attached hydrogens (tertiary/aromatic N) is 4. The lowest BCUT2D eigenvalue weighted by Crippen LogP contribution is -2.47. The molecule has 5 heterocycles. The number of thiazole rings is 2. The van der Waals surface area contributed by atoms with Crippen LogP contribution in [0.15, 0.2) is 23.7 Å². The molecule has 2 aliphatic rings. The predicted molar refractivity (Wildman–Crippen MR) is 140 cm³/mol. The van der Waals surface area contributed by atoms with Crippen molar-refractivity contribution in [2.45, 2.75) is 64.2 Å². The van der Waals surface area contributed by atoms with Crippen molar-refractivity contribution in [1.82, 2.24) is 25.2 Å². The van der Waals surface area contributed by atoms with Crippen LogP contribution < -0.4 is 10.6 Å². The van der Waals surface area contributed by atoms with Crippen molar-refractivity contribution in [3.05, 3.63) is 40.0 Å². The number of hydrogen-bond donors (Lipinski definition) is 2. The zero-order chi connectivity index (χ0) is 27.0. The van der Waals surface area contributed by atoms with Gasteiger partial charge in [-0.05, 0) is 57.6 Å². The number of rotatable bonds is 7. The third kappa shape index (κ3) is 5.98. The van der Waals surface area contributed by atoms with Crippen LogP contribution in [0.5, 0.6) is 0 Å². The number of alkyl halides is 3. The van der Waals surface area contributed by atoms with Crippen molar-refractivity contribution in [2.75, 3.05) is 11.9 Å². The summed E-state index contributed by atoms with van der Waals surface area (Å²) in [6, 6.07) is 3.44. The van der Waals surface area contributed by atoms with Crippen LogP contribution in [-0.4, -0.2) is 56.5 Å². The highest BCUT2D eigenvalue weighted by Gasteiger charge is 2.44. The first kappa shape index (κ1) is 26.5. The molecule has 0 aliphatic carbocycles. The highest BCUT2D eigenvalue weighted by molar-refractivity contribution is 7.16. The highest BCUT2D eigenvalue weighted by atomic mass is 32.1. The van der Waals surface area contributed by atoms with Gasteiger partial charge in [-0.1, -0.05) is 0 Å². The maximum atomic E-state index is 13.3. The van der Waals surface area contributed by atoms with Gasteiger partial charge in [0.2, 0.25) is 5.91 Å². The summed E-state index contributed by atoms with van der Waals surface area (Å²) < 4.78 is 37.1. The van der Waals surface area contributed by atoms with Gasteiger partial charge in [0, 0.05) is 30.1 Å². The minimum absolute atomic E-state index is 0.0213. The molecule has 202 valence electrons. The molecule has 8 nitrogen and oxygen atoms in total. The third-order valence-electron chi connectivity index (χ3n) is 6.91. The Bertz CT molecular complexity index is 1310. The summed E-state index contributed by atoms with van der Waals surface area (Å²) in [4.78, 5) is 41.7. The van der Waals surface area contributed by atoms with Crippen LogP contribution in [0, 0.1) is 19.8 Å². The van der Waals surface area contributed by atoms with Gasteiger partial charge < -0.3 is 15.5 Å². The van der Waals surface area contributed by atoms with E-state index in [0.29, 0.717) is 29.4 Å². The van der Waals surface area contributed by atoms with E-state index in [0.717, 1.165) is 34.1 Å². The second-order valence-electron chi connectivity index (χ2n) is 9.77. The molecule has 0 aromatic carbocycles. The number of hydrogen-bond acceptors (Lipinski definition) is 8. The van der Waals surface area contributed by atoms with Crippen LogP contribution in [0.1, 0.15) is 53.2 Å². The number of halogens is 3. The largest absolute Gasteiger partial charge is 0.405 e. The number of aryl methyl sites for hydroxylation is 2. The van der Waals surface area contributed by atoms with Gasteiger partial charge in [0.05, 0.1) is 26.8 Å². The second-order valence-corrected chi connectivity index (χ2v) is 11.8. The molecule has 2 bridgehead atoms. The Balaban J connectivity index is 1.17. The molecule has 38 heavy (non-hydrogen) atoms. The maximum absolute atomic E-state index is 13.3. The fraction of sp³-hybridized carbons (Fsp3) is 0.480. The van der Waals surface area contributed by atoms with Crippen LogP contribution in [0.2, 0.25) is 0 Å². The lowest BCUT2D eigenvalue weighted by Gasteiger charge is -2.39. The molecule has 3 aromatic heterocycles. The number of piperidine rings is 1. The van der Waals surface area contributed by atoms with Gasteiger partial charge in [-0.3, -0.25) is 9.59 Å². The Morgan fingerprint density at radius 2 is 1.87 bits per heavy atom. The van der Waals surface area contributed by atoms with Gasteiger partial charge in [0.25, 0.3) is 5.91 Å². The van der Waals surface area contributed by atoms with Crippen LogP contribution >= 0.6 is 22.7 Å². The molecule has 13 heteroatoms. The third-order valence-corrected chi connectivity index (χ3v) is 8.76. The quantitative estimate of drug-likeness (QED) is 0.395. The van der Waals surface area contributed by atoms with Crippen molar-refractivity contribution >= 4 is 45.4 Å². The number of carbonyl (C=O) groups is 2. The minimum atomic E-state index is -4.42. The summed E-state index contributed by atoms with van der Waals surface area (Å²) in [5.41, 5.74) is 2.29. The number of aromatic nitrogens is 3. The van der Waals surface area contributed by atoms with Crippen molar-refractivity contribution in [3.8, 4) is 10.6 Å². The Morgan fingerprint density at radius 3 is 2.47 bits per heavy atom. The number of pyridine rings is 1. The summed E-state index contributed by atoms with van der Waals surface area (Å²) in [6.07, 6.45) is 0.0526. The first-order valence-electron chi connectivity index (χ1n) is 12.3. The van der Waals surface area contributed by atoms with Crippen molar-refractivity contribution in [2.24, 2.45) is 5.92 Å². The van der Waals surface area contributed by atoms with E-state index in [-0.39, 0.29) is 30.3 Å². The summed E-state index contributed by atoms with van der Waals surface area (Å²) in [5, 5.41) is 8.79. The van der Waals surface area contributed by atoms with E-state index in [4.69, 9.17) is 0 Å². The Hall–Kier alpha value is -3.06. The molecule has 3 aromatic rings. The molecule has 0 radical (unpaired) electrons. The molecule has 2 N–H and O–H groups in total. The fourth-order valence-corrected chi connectivity index (χ4v) is 7.04. The van der Waals surface area contributed by atoms with Crippen LogP contribution in [0.25, 0.3) is 10.6 Å². The molecule has 2 saturated heterocycles. The molecule has 0 spiro atoms. The van der Waals surface area contributed by atoms with Gasteiger partial charge in [-0.25, -0.2) is 15.0 Å². The van der Waals surface area contributed by atoms with E-state index in [1.54, 1.807) is 29.7 Å². The molecule has 2 amide bonds. The molecular weight excluding hydrogens is 537 g/mol. The molecular formula is C25H27F3N6O2S2. The van der Waals surface area contributed by atoms with Crippen LogP contribution in [-0.2, 0) is 4.79 Å². The zero-order valence-electron chi connectivity index (χ0n) is 20.8. The summed E-state index contributed by atoms with van der Waals surface area (Å²) in [6.45, 7) is 2.62. The number of anilines is 2. The van der Waals surface area contributed by atoms with Crippen molar-refractivity contribution in [1.29, 1.82) is 0 Å². The van der Waals surface area contributed by atoms with Gasteiger partial charge >= 0.3 is 6.18 Å². The van der Waals surface area contributed by atoms with Gasteiger partial charge in [-0.2, -0.15) is 13.2 Å². The smallest absolute Gasteiger partial charge is 0.347 e. The lowest BCUT2D eigenvalue weighted by molar-refractivity contribution is -0.139. The normalized spacial score (nSPS) is 21.0. The number of amides is 2. The summed E-state index contributed by atoms with van der Waals surface area (Å²) in [5.74, 6) is -0.158. The summed E-state index contributed by atoms with van der Waals surface area (Å²) in [7, 11) is 0. The lowest BCUT2D eigenvalue weighted by atomic mass is 9.87. The SMILES string of the molecule is Cc1nc(C)c(-c2csc(Nc3ccc(C(=O)N4[C@@H]5CC[C@H]4CC(CC(=O)NCC(F)(F)F)C5)cn3)n2)s1. The van der Waals surface area contributed by atoms with Gasteiger partial charge in [-0.15, -0.1) is 22.7 Å². The van der Waals surface area contributed by atoms with E-state index in [2.05, 4.69) is 20.3 Å². The maximum Gasteiger partial charge on any atom is 0.405 e. The Morgan fingerprint density at radius 1 is 1.13 bits per heavy atom. The topological polar surface area (TPSA) is 100 Å². The van der Waals surface area contributed by atoms with E-state index < -0.39 is 18.6 Å². The number of nitrogens with one attached hydrogen (secondary N) is 2. The molecule has 1 unspecified atom stereocenters. The van der Waals surface area contributed by atoms with Gasteiger partial charge in [0.1, 0.15) is 12.4 Å². The number of fused-ring (bicyclic) bond motifs is 2. The fourth-order valence-electron chi connectivity index (χ4n) is 5.38. The molecule has 2 fully saturated rings. The summed E-state index contributed by atoms with van der Waals surface area (Å²) >= 11 is 3.07. The molecule has 0 saturated carbocycles. The average Bonchev–Trinajstić information content (AvgIpc) is 3.52. The van der Waals surface area contributed by atoms with E-state index >= 15 is 0 Å². The monoisotopic (exact) mass is 564 g/mol. The Kier molecular flexibility index (Phi) is 7.40. The molecule has 2 aliphatic heterocycles. The van der Waals surface area contributed by atoms with Crippen molar-refractivity contribution < 1.29 is 22.8 Å². The predicted octanol–water partition coefficient (Wildman–Crippen LogP) is 5.47. The minimum Gasteiger partial charge on any atom is -0.347 e. The Labute approximate surface area is 225 Å². The highest BCUT2D eigenvalue weighted by Crippen LogP contribution is 2.41. The molecule has 5 rings (SSSR count). The van der Waals surface area contributed by atoms with E-state index in [1.807, 2.05) is 29.4 Å². The van der Waals surface area contributed by atoms with Crippen LogP contribution in [0.4, 0.5) is 24.1 Å². The van der Waals surface area contributed by atoms with Crippen molar-refractivity contribution in [3.63, 3.8) is 0 Å². The first-order valence-corrected chi connectivity index (χ1v) is 14.0. The number of carbonyl (C=O) groups excluding carboxylic acids is 2. The van der Waals surface area contributed by atoms with Gasteiger partial charge in [0.15, 0.2) is 5.13 Å². The van der Waals surface area contributed by atoms with E-state index in [1.165, 1.54) is 11.3 Å². The average molecular weight is 565 g/mol. The van der Waals surface area contributed by atoms with E-state index in [9.17, 15) is 22.8 Å². The zero-order valence-corrected chi connectivity index (χ0v) is 22.5. The molecule has 3 atom stereocenters. The first-order chi connectivity index (χ1) is 18.1. The second kappa shape index (κ2) is 10.6.